The zero-order valence-corrected chi connectivity index (χ0v) is 14.1. The summed E-state index contributed by atoms with van der Waals surface area (Å²) in [6.45, 7) is 5.60. The Kier molecular flexibility index (Phi) is 5.51. The van der Waals surface area contributed by atoms with Gasteiger partial charge in [-0.1, -0.05) is 19.9 Å². The zero-order chi connectivity index (χ0) is 18.7. The van der Waals surface area contributed by atoms with Gasteiger partial charge in [0.25, 0.3) is 12.3 Å². The molecule has 1 aromatic heterocycles. The summed E-state index contributed by atoms with van der Waals surface area (Å²) in [7, 11) is 0. The van der Waals surface area contributed by atoms with E-state index in [-0.39, 0.29) is 29.3 Å². The van der Waals surface area contributed by atoms with E-state index in [0.29, 0.717) is 5.56 Å². The third-order valence-corrected chi connectivity index (χ3v) is 3.60. The van der Waals surface area contributed by atoms with Crippen molar-refractivity contribution in [1.82, 2.24) is 9.78 Å². The van der Waals surface area contributed by atoms with Gasteiger partial charge in [-0.15, -0.1) is 0 Å². The first-order valence-corrected chi connectivity index (χ1v) is 7.69. The van der Waals surface area contributed by atoms with Crippen molar-refractivity contribution >= 4 is 17.6 Å². The van der Waals surface area contributed by atoms with Crippen molar-refractivity contribution in [2.75, 3.05) is 5.32 Å². The monoisotopic (exact) mass is 351 g/mol. The van der Waals surface area contributed by atoms with Crippen molar-refractivity contribution in [3.63, 3.8) is 0 Å². The van der Waals surface area contributed by atoms with Gasteiger partial charge in [0.1, 0.15) is 5.69 Å². The lowest BCUT2D eigenvalue weighted by Crippen LogP contribution is -2.17. The molecule has 0 aliphatic carbocycles. The van der Waals surface area contributed by atoms with Gasteiger partial charge in [0.05, 0.1) is 17.3 Å². The maximum atomic E-state index is 13.4. The molecule has 8 heteroatoms. The Hall–Kier alpha value is -2.77. The van der Waals surface area contributed by atoms with Gasteiger partial charge in [-0.2, -0.15) is 5.10 Å². The largest absolute Gasteiger partial charge is 0.478 e. The van der Waals surface area contributed by atoms with Gasteiger partial charge in [-0.25, -0.2) is 13.6 Å². The molecular weight excluding hydrogens is 332 g/mol. The summed E-state index contributed by atoms with van der Waals surface area (Å²) in [5.74, 6) is -1.80. The normalized spacial score (nSPS) is 11.2. The Labute approximate surface area is 143 Å². The lowest BCUT2D eigenvalue weighted by molar-refractivity contribution is 0.0695. The highest BCUT2D eigenvalue weighted by Gasteiger charge is 2.25. The van der Waals surface area contributed by atoms with Crippen molar-refractivity contribution in [3.8, 4) is 0 Å². The molecule has 0 spiro atoms. The molecule has 1 heterocycles. The van der Waals surface area contributed by atoms with Crippen molar-refractivity contribution in [2.24, 2.45) is 5.92 Å². The highest BCUT2D eigenvalue weighted by atomic mass is 19.3. The van der Waals surface area contributed by atoms with Crippen LogP contribution >= 0.6 is 0 Å². The molecule has 1 amide bonds. The van der Waals surface area contributed by atoms with E-state index in [2.05, 4.69) is 10.4 Å². The first kappa shape index (κ1) is 18.6. The molecule has 0 radical (unpaired) electrons. The van der Waals surface area contributed by atoms with E-state index < -0.39 is 24.0 Å². The number of hydrogen-bond donors (Lipinski definition) is 2. The topological polar surface area (TPSA) is 84.2 Å². The lowest BCUT2D eigenvalue weighted by Gasteiger charge is -2.11. The Balaban J connectivity index is 2.31. The van der Waals surface area contributed by atoms with Crippen LogP contribution in [0.15, 0.2) is 24.4 Å². The minimum absolute atomic E-state index is 0.0300. The number of aromatic carboxylic acids is 1. The molecule has 6 nitrogen and oxygen atoms in total. The number of amides is 1. The van der Waals surface area contributed by atoms with Crippen LogP contribution in [0.25, 0.3) is 0 Å². The second-order valence-electron chi connectivity index (χ2n) is 6.11. The van der Waals surface area contributed by atoms with Crippen LogP contribution in [0, 0.1) is 12.8 Å². The van der Waals surface area contributed by atoms with Crippen LogP contribution in [0.5, 0.6) is 0 Å². The number of aromatic nitrogens is 2. The van der Waals surface area contributed by atoms with E-state index in [0.717, 1.165) is 10.9 Å². The van der Waals surface area contributed by atoms with E-state index in [1.54, 1.807) is 6.92 Å². The standard InChI is InChI=1S/C17H19F2N3O3/c1-9(2)8-22-14(15(18)19)13(7-20-22)16(23)21-11-5-4-10(3)12(6-11)17(24)25/h4-7,9,15H,8H2,1-3H3,(H,21,23)(H,24,25). The van der Waals surface area contributed by atoms with E-state index in [4.69, 9.17) is 5.11 Å². The van der Waals surface area contributed by atoms with Gasteiger partial charge in [-0.3, -0.25) is 9.48 Å². The molecule has 2 rings (SSSR count). The minimum Gasteiger partial charge on any atom is -0.478 e. The fraction of sp³-hybridized carbons (Fsp3) is 0.353. The van der Waals surface area contributed by atoms with Gasteiger partial charge in [0, 0.05) is 12.2 Å². The van der Waals surface area contributed by atoms with E-state index in [1.807, 2.05) is 13.8 Å². The van der Waals surface area contributed by atoms with E-state index in [9.17, 15) is 18.4 Å². The van der Waals surface area contributed by atoms with Crippen LogP contribution in [-0.2, 0) is 6.54 Å². The SMILES string of the molecule is Cc1ccc(NC(=O)c2cnn(CC(C)C)c2C(F)F)cc1C(=O)O. The van der Waals surface area contributed by atoms with Crippen LogP contribution in [0.2, 0.25) is 0 Å². The van der Waals surface area contributed by atoms with E-state index in [1.165, 1.54) is 18.2 Å². The molecule has 0 saturated carbocycles. The summed E-state index contributed by atoms with van der Waals surface area (Å²) in [6.07, 6.45) is -1.75. The number of hydrogen-bond acceptors (Lipinski definition) is 3. The predicted molar refractivity (Wildman–Crippen MR) is 88.1 cm³/mol. The third-order valence-electron chi connectivity index (χ3n) is 3.60. The van der Waals surface area contributed by atoms with Gasteiger partial charge >= 0.3 is 5.97 Å². The van der Waals surface area contributed by atoms with Crippen molar-refractivity contribution < 1.29 is 23.5 Å². The number of alkyl halides is 2. The molecule has 2 N–H and O–H groups in total. The average molecular weight is 351 g/mol. The molecule has 0 fully saturated rings. The number of carbonyl (C=O) groups is 2. The zero-order valence-electron chi connectivity index (χ0n) is 14.1. The summed E-state index contributed by atoms with van der Waals surface area (Å²) in [4.78, 5) is 23.5. The number of carboxylic acid groups (broad SMARTS) is 1. The van der Waals surface area contributed by atoms with Crippen LogP contribution in [-0.4, -0.2) is 26.8 Å². The van der Waals surface area contributed by atoms with Crippen molar-refractivity contribution in [2.45, 2.75) is 33.7 Å². The van der Waals surface area contributed by atoms with Crippen molar-refractivity contribution in [3.05, 3.63) is 46.8 Å². The van der Waals surface area contributed by atoms with Gasteiger partial charge in [-0.05, 0) is 30.5 Å². The number of rotatable bonds is 6. The second-order valence-corrected chi connectivity index (χ2v) is 6.11. The molecular formula is C17H19F2N3O3. The first-order valence-electron chi connectivity index (χ1n) is 7.69. The lowest BCUT2D eigenvalue weighted by atomic mass is 10.1. The smallest absolute Gasteiger partial charge is 0.336 e. The van der Waals surface area contributed by atoms with Crippen LogP contribution < -0.4 is 5.32 Å². The molecule has 1 aromatic carbocycles. The number of aryl methyl sites for hydroxylation is 1. The Morgan fingerprint density at radius 2 is 1.96 bits per heavy atom. The van der Waals surface area contributed by atoms with Gasteiger partial charge in [0.2, 0.25) is 0 Å². The first-order chi connectivity index (χ1) is 11.7. The Morgan fingerprint density at radius 3 is 2.52 bits per heavy atom. The summed E-state index contributed by atoms with van der Waals surface area (Å²) >= 11 is 0. The van der Waals surface area contributed by atoms with Gasteiger partial charge in [0.15, 0.2) is 0 Å². The molecule has 134 valence electrons. The minimum atomic E-state index is -2.85. The van der Waals surface area contributed by atoms with Gasteiger partial charge < -0.3 is 10.4 Å². The summed E-state index contributed by atoms with van der Waals surface area (Å²) in [6, 6.07) is 4.34. The fourth-order valence-electron chi connectivity index (χ4n) is 2.42. The molecule has 0 aliphatic rings. The Bertz CT molecular complexity index is 800. The molecule has 2 aromatic rings. The number of benzene rings is 1. The predicted octanol–water partition coefficient (Wildman–Crippen LogP) is 3.74. The molecule has 0 bridgehead atoms. The molecule has 0 aliphatic heterocycles. The molecule has 0 saturated heterocycles. The summed E-state index contributed by atoms with van der Waals surface area (Å²) in [5.41, 5.74) is 0.0978. The number of anilines is 1. The number of halogens is 2. The molecule has 0 atom stereocenters. The third kappa shape index (κ3) is 4.20. The maximum absolute atomic E-state index is 13.4. The second kappa shape index (κ2) is 7.42. The summed E-state index contributed by atoms with van der Waals surface area (Å²) in [5, 5.41) is 15.5. The number of carboxylic acids is 1. The highest BCUT2D eigenvalue weighted by molar-refractivity contribution is 6.05. The quantitative estimate of drug-likeness (QED) is 0.830. The van der Waals surface area contributed by atoms with E-state index >= 15 is 0 Å². The number of nitrogens with one attached hydrogen (secondary N) is 1. The summed E-state index contributed by atoms with van der Waals surface area (Å²) < 4.78 is 27.9. The van der Waals surface area contributed by atoms with Crippen LogP contribution in [0.3, 0.4) is 0 Å². The van der Waals surface area contributed by atoms with Crippen LogP contribution in [0.4, 0.5) is 14.5 Å². The maximum Gasteiger partial charge on any atom is 0.336 e. The highest BCUT2D eigenvalue weighted by Crippen LogP contribution is 2.25. The van der Waals surface area contributed by atoms with Crippen LogP contribution in [0.1, 0.15) is 52.2 Å². The molecule has 0 unspecified atom stereocenters. The Morgan fingerprint density at radius 1 is 1.28 bits per heavy atom. The number of nitrogens with zero attached hydrogens (tertiary/aromatic N) is 2. The molecule has 25 heavy (non-hydrogen) atoms. The fourth-order valence-corrected chi connectivity index (χ4v) is 2.42. The average Bonchev–Trinajstić information content (AvgIpc) is 2.92. The number of carbonyl (C=O) groups excluding carboxylic acids is 1. The van der Waals surface area contributed by atoms with Crippen molar-refractivity contribution in [1.29, 1.82) is 0 Å².